The first kappa shape index (κ1) is 18.6. The number of amides is 1. The topological polar surface area (TPSA) is 97.0 Å². The van der Waals surface area contributed by atoms with E-state index in [0.717, 1.165) is 11.8 Å². The largest absolute Gasteiger partial charge is 0.497 e. The number of hydrogen-bond acceptors (Lipinski definition) is 6. The Labute approximate surface area is 158 Å². The number of hydrogen-bond donors (Lipinski definition) is 2. The van der Waals surface area contributed by atoms with E-state index in [2.05, 4.69) is 20.5 Å². The zero-order valence-electron chi connectivity index (χ0n) is 14.2. The summed E-state index contributed by atoms with van der Waals surface area (Å²) >= 11 is 1.04. The van der Waals surface area contributed by atoms with E-state index < -0.39 is 5.56 Å². The molecule has 138 valence electrons. The highest BCUT2D eigenvalue weighted by atomic mass is 32.2. The van der Waals surface area contributed by atoms with Gasteiger partial charge in [0.15, 0.2) is 10.9 Å². The van der Waals surface area contributed by atoms with Crippen molar-refractivity contribution in [1.82, 2.24) is 15.2 Å². The number of nitrogens with one attached hydrogen (secondary N) is 2. The molecule has 0 saturated heterocycles. The van der Waals surface area contributed by atoms with E-state index in [1.165, 1.54) is 24.3 Å². The molecule has 9 heteroatoms. The fourth-order valence-electron chi connectivity index (χ4n) is 2.19. The molecule has 27 heavy (non-hydrogen) atoms. The molecule has 0 atom stereocenters. The molecule has 0 spiro atoms. The van der Waals surface area contributed by atoms with Gasteiger partial charge in [-0.25, -0.2) is 4.39 Å². The number of rotatable bonds is 6. The Morgan fingerprint density at radius 3 is 2.48 bits per heavy atom. The molecular formula is C18H15FN4O3S. The first-order chi connectivity index (χ1) is 13.0. The smallest absolute Gasteiger partial charge is 0.278 e. The van der Waals surface area contributed by atoms with Crippen LogP contribution in [0.5, 0.6) is 5.75 Å². The molecular weight excluding hydrogens is 371 g/mol. The van der Waals surface area contributed by atoms with E-state index in [1.807, 2.05) is 0 Å². The Morgan fingerprint density at radius 2 is 1.85 bits per heavy atom. The van der Waals surface area contributed by atoms with Crippen LogP contribution in [0.4, 0.5) is 10.1 Å². The van der Waals surface area contributed by atoms with Crippen molar-refractivity contribution in [3.63, 3.8) is 0 Å². The molecule has 0 aliphatic carbocycles. The van der Waals surface area contributed by atoms with Crippen LogP contribution in [0.25, 0.3) is 11.3 Å². The summed E-state index contributed by atoms with van der Waals surface area (Å²) in [5.41, 5.74) is 0.862. The molecule has 0 aliphatic heterocycles. The summed E-state index contributed by atoms with van der Waals surface area (Å²) < 4.78 is 17.9. The predicted octanol–water partition coefficient (Wildman–Crippen LogP) is 2.71. The molecule has 0 aliphatic rings. The second kappa shape index (κ2) is 8.45. The van der Waals surface area contributed by atoms with Gasteiger partial charge in [-0.1, -0.05) is 11.8 Å². The zero-order chi connectivity index (χ0) is 19.2. The first-order valence-electron chi connectivity index (χ1n) is 7.85. The fourth-order valence-corrected chi connectivity index (χ4v) is 2.79. The normalized spacial score (nSPS) is 10.4. The molecule has 0 unspecified atom stereocenters. The minimum absolute atomic E-state index is 0.0177. The number of aromatic nitrogens is 3. The Hall–Kier alpha value is -3.20. The summed E-state index contributed by atoms with van der Waals surface area (Å²) in [6, 6.07) is 12.3. The molecule has 1 amide bonds. The lowest BCUT2D eigenvalue weighted by atomic mass is 10.1. The number of H-pyrrole nitrogens is 1. The zero-order valence-corrected chi connectivity index (χ0v) is 15.0. The lowest BCUT2D eigenvalue weighted by molar-refractivity contribution is -0.113. The van der Waals surface area contributed by atoms with Crippen LogP contribution in [-0.4, -0.2) is 34.0 Å². The van der Waals surface area contributed by atoms with Crippen molar-refractivity contribution in [2.75, 3.05) is 18.2 Å². The van der Waals surface area contributed by atoms with Gasteiger partial charge in [0.25, 0.3) is 5.56 Å². The van der Waals surface area contributed by atoms with E-state index in [-0.39, 0.29) is 28.3 Å². The molecule has 2 N–H and O–H groups in total. The molecule has 1 heterocycles. The van der Waals surface area contributed by atoms with Crippen LogP contribution in [0.15, 0.2) is 58.5 Å². The molecule has 7 nitrogen and oxygen atoms in total. The Morgan fingerprint density at radius 1 is 1.15 bits per heavy atom. The van der Waals surface area contributed by atoms with Crippen molar-refractivity contribution in [2.24, 2.45) is 0 Å². The SMILES string of the molecule is COc1ccc(-c2nnc(SCC(=O)Nc3ccc(F)cc3)[nH]c2=O)cc1. The molecule has 0 fully saturated rings. The van der Waals surface area contributed by atoms with Crippen LogP contribution in [-0.2, 0) is 4.79 Å². The summed E-state index contributed by atoms with van der Waals surface area (Å²) in [5, 5.41) is 10.7. The van der Waals surface area contributed by atoms with Gasteiger partial charge < -0.3 is 10.1 Å². The highest BCUT2D eigenvalue weighted by Crippen LogP contribution is 2.18. The van der Waals surface area contributed by atoms with Crippen molar-refractivity contribution in [1.29, 1.82) is 0 Å². The van der Waals surface area contributed by atoms with Crippen molar-refractivity contribution in [2.45, 2.75) is 5.16 Å². The Bertz CT molecular complexity index is 991. The monoisotopic (exact) mass is 386 g/mol. The average Bonchev–Trinajstić information content (AvgIpc) is 2.68. The molecule has 3 aromatic rings. The summed E-state index contributed by atoms with van der Waals surface area (Å²) in [4.78, 5) is 26.8. The highest BCUT2D eigenvalue weighted by molar-refractivity contribution is 7.99. The van der Waals surface area contributed by atoms with Crippen molar-refractivity contribution >= 4 is 23.4 Å². The van der Waals surface area contributed by atoms with Gasteiger partial charge >= 0.3 is 0 Å². The van der Waals surface area contributed by atoms with Crippen LogP contribution >= 0.6 is 11.8 Å². The van der Waals surface area contributed by atoms with Crippen LogP contribution in [0.2, 0.25) is 0 Å². The third kappa shape index (κ3) is 4.91. The third-order valence-electron chi connectivity index (χ3n) is 3.51. The van der Waals surface area contributed by atoms with E-state index in [1.54, 1.807) is 31.4 Å². The first-order valence-corrected chi connectivity index (χ1v) is 8.83. The quantitative estimate of drug-likeness (QED) is 0.633. The van der Waals surface area contributed by atoms with Gasteiger partial charge in [0, 0.05) is 11.3 Å². The van der Waals surface area contributed by atoms with Gasteiger partial charge in [0.1, 0.15) is 11.6 Å². The summed E-state index contributed by atoms with van der Waals surface area (Å²) in [7, 11) is 1.56. The number of thioether (sulfide) groups is 1. The molecule has 0 saturated carbocycles. The van der Waals surface area contributed by atoms with Gasteiger partial charge in [-0.3, -0.25) is 14.6 Å². The second-order valence-electron chi connectivity index (χ2n) is 5.38. The maximum Gasteiger partial charge on any atom is 0.278 e. The number of ether oxygens (including phenoxy) is 1. The lowest BCUT2D eigenvalue weighted by Gasteiger charge is -2.05. The van der Waals surface area contributed by atoms with Gasteiger partial charge in [0.05, 0.1) is 12.9 Å². The van der Waals surface area contributed by atoms with Crippen LogP contribution in [0.1, 0.15) is 0 Å². The molecule has 0 radical (unpaired) electrons. The van der Waals surface area contributed by atoms with E-state index in [0.29, 0.717) is 17.0 Å². The number of nitrogens with zero attached hydrogens (tertiary/aromatic N) is 2. The molecule has 2 aromatic carbocycles. The van der Waals surface area contributed by atoms with Crippen LogP contribution in [0.3, 0.4) is 0 Å². The fraction of sp³-hybridized carbons (Fsp3) is 0.111. The standard InChI is InChI=1S/C18H15FN4O3S/c1-26-14-8-2-11(3-9-14)16-17(25)21-18(23-22-16)27-10-15(24)20-13-6-4-12(19)5-7-13/h2-9H,10H2,1H3,(H,20,24)(H,21,23,25). The number of halogens is 1. The van der Waals surface area contributed by atoms with Crippen molar-refractivity contribution in [3.8, 4) is 17.0 Å². The number of anilines is 1. The lowest BCUT2D eigenvalue weighted by Crippen LogP contribution is -2.17. The summed E-state index contributed by atoms with van der Waals surface area (Å²) in [6.07, 6.45) is 0. The molecule has 0 bridgehead atoms. The van der Waals surface area contributed by atoms with E-state index in [9.17, 15) is 14.0 Å². The predicted molar refractivity (Wildman–Crippen MR) is 100 cm³/mol. The minimum Gasteiger partial charge on any atom is -0.497 e. The van der Waals surface area contributed by atoms with Gasteiger partial charge in [-0.05, 0) is 48.5 Å². The third-order valence-corrected chi connectivity index (χ3v) is 4.37. The molecule has 3 rings (SSSR count). The Kier molecular flexibility index (Phi) is 5.82. The number of carbonyl (C=O) groups excluding carboxylic acids is 1. The minimum atomic E-state index is -0.406. The maximum atomic E-state index is 12.9. The maximum absolute atomic E-state index is 12.9. The molecule has 1 aromatic heterocycles. The number of aromatic amines is 1. The second-order valence-corrected chi connectivity index (χ2v) is 6.34. The van der Waals surface area contributed by atoms with Crippen LogP contribution < -0.4 is 15.6 Å². The van der Waals surface area contributed by atoms with Gasteiger partial charge in [-0.15, -0.1) is 10.2 Å². The van der Waals surface area contributed by atoms with Crippen molar-refractivity contribution < 1.29 is 13.9 Å². The number of carbonyl (C=O) groups is 1. The Balaban J connectivity index is 1.62. The number of benzene rings is 2. The van der Waals surface area contributed by atoms with E-state index in [4.69, 9.17) is 4.74 Å². The van der Waals surface area contributed by atoms with Crippen molar-refractivity contribution in [3.05, 3.63) is 64.7 Å². The highest BCUT2D eigenvalue weighted by Gasteiger charge is 2.10. The van der Waals surface area contributed by atoms with Crippen LogP contribution in [0, 0.1) is 5.82 Å². The summed E-state index contributed by atoms with van der Waals surface area (Å²) in [6.45, 7) is 0. The van der Waals surface area contributed by atoms with E-state index >= 15 is 0 Å². The van der Waals surface area contributed by atoms with Gasteiger partial charge in [-0.2, -0.15) is 0 Å². The number of methoxy groups -OCH3 is 1. The summed E-state index contributed by atoms with van der Waals surface area (Å²) in [5.74, 6) is -0.00713. The van der Waals surface area contributed by atoms with Gasteiger partial charge in [0.2, 0.25) is 5.91 Å². The average molecular weight is 386 g/mol.